The fraction of sp³-hybridized carbons (Fsp3) is 0.750. The van der Waals surface area contributed by atoms with Crippen molar-refractivity contribution < 1.29 is 5.11 Å². The molecule has 5 heteroatoms. The Morgan fingerprint density at radius 1 is 1.53 bits per heavy atom. The molecular formula is C12H21N3OS. The second-order valence-corrected chi connectivity index (χ2v) is 6.28. The van der Waals surface area contributed by atoms with Crippen LogP contribution in [0.2, 0.25) is 0 Å². The summed E-state index contributed by atoms with van der Waals surface area (Å²) in [6, 6.07) is 0.456. The predicted molar refractivity (Wildman–Crippen MR) is 71.7 cm³/mol. The maximum atomic E-state index is 9.84. The van der Waals surface area contributed by atoms with E-state index < -0.39 is 5.60 Å². The SMILES string of the molecule is C[C@H]1CN(CC(C)(C)O)CCN1c1nccs1. The fourth-order valence-corrected chi connectivity index (χ4v) is 3.14. The Bertz CT molecular complexity index is 347. The molecule has 0 saturated carbocycles. The van der Waals surface area contributed by atoms with Gasteiger partial charge in [-0.2, -0.15) is 0 Å². The van der Waals surface area contributed by atoms with Gasteiger partial charge in [-0.1, -0.05) is 0 Å². The Labute approximate surface area is 107 Å². The Morgan fingerprint density at radius 3 is 2.82 bits per heavy atom. The molecule has 17 heavy (non-hydrogen) atoms. The van der Waals surface area contributed by atoms with E-state index in [0.717, 1.165) is 31.3 Å². The third kappa shape index (κ3) is 3.40. The first-order valence-corrected chi connectivity index (χ1v) is 6.94. The fourth-order valence-electron chi connectivity index (χ4n) is 2.37. The van der Waals surface area contributed by atoms with Crippen LogP contribution in [0, 0.1) is 0 Å². The van der Waals surface area contributed by atoms with Crippen LogP contribution in [-0.4, -0.2) is 52.8 Å². The highest BCUT2D eigenvalue weighted by Gasteiger charge is 2.28. The van der Waals surface area contributed by atoms with Crippen molar-refractivity contribution in [3.05, 3.63) is 11.6 Å². The second-order valence-electron chi connectivity index (χ2n) is 5.40. The van der Waals surface area contributed by atoms with Gasteiger partial charge in [-0.15, -0.1) is 11.3 Å². The molecule has 1 saturated heterocycles. The molecule has 1 aromatic rings. The molecule has 1 aliphatic heterocycles. The van der Waals surface area contributed by atoms with Gasteiger partial charge in [0.2, 0.25) is 0 Å². The third-order valence-corrected chi connectivity index (χ3v) is 3.80. The summed E-state index contributed by atoms with van der Waals surface area (Å²) in [5, 5.41) is 13.0. The maximum Gasteiger partial charge on any atom is 0.185 e. The van der Waals surface area contributed by atoms with Crippen LogP contribution < -0.4 is 4.90 Å². The van der Waals surface area contributed by atoms with Crippen molar-refractivity contribution in [1.29, 1.82) is 0 Å². The van der Waals surface area contributed by atoms with Gasteiger partial charge in [0.1, 0.15) is 0 Å². The van der Waals surface area contributed by atoms with Crippen molar-refractivity contribution in [2.75, 3.05) is 31.1 Å². The lowest BCUT2D eigenvalue weighted by Gasteiger charge is -2.41. The summed E-state index contributed by atoms with van der Waals surface area (Å²) >= 11 is 1.69. The van der Waals surface area contributed by atoms with Crippen molar-refractivity contribution in [3.63, 3.8) is 0 Å². The van der Waals surface area contributed by atoms with E-state index in [4.69, 9.17) is 0 Å². The molecule has 0 spiro atoms. The average Bonchev–Trinajstić information content (AvgIpc) is 2.68. The van der Waals surface area contributed by atoms with E-state index in [2.05, 4.69) is 21.7 Å². The number of rotatable bonds is 3. The number of thiazole rings is 1. The topological polar surface area (TPSA) is 39.6 Å². The minimum absolute atomic E-state index is 0.456. The van der Waals surface area contributed by atoms with Crippen molar-refractivity contribution in [2.24, 2.45) is 0 Å². The van der Waals surface area contributed by atoms with Gasteiger partial charge in [-0.3, -0.25) is 4.90 Å². The smallest absolute Gasteiger partial charge is 0.185 e. The lowest BCUT2D eigenvalue weighted by atomic mass is 10.1. The Hall–Kier alpha value is -0.650. The quantitative estimate of drug-likeness (QED) is 0.887. The summed E-state index contributed by atoms with van der Waals surface area (Å²) in [5.74, 6) is 0. The van der Waals surface area contributed by atoms with E-state index in [1.165, 1.54) is 0 Å². The van der Waals surface area contributed by atoms with E-state index in [9.17, 15) is 5.11 Å². The van der Waals surface area contributed by atoms with Gasteiger partial charge in [0.15, 0.2) is 5.13 Å². The second kappa shape index (κ2) is 4.92. The van der Waals surface area contributed by atoms with Crippen LogP contribution in [0.15, 0.2) is 11.6 Å². The molecule has 1 atom stereocenters. The van der Waals surface area contributed by atoms with E-state index >= 15 is 0 Å². The van der Waals surface area contributed by atoms with Gasteiger partial charge >= 0.3 is 0 Å². The highest BCUT2D eigenvalue weighted by molar-refractivity contribution is 7.13. The van der Waals surface area contributed by atoms with E-state index in [1.807, 2.05) is 25.4 Å². The standard InChI is InChI=1S/C12H21N3OS/c1-10-8-14(9-12(2,3)16)5-6-15(10)11-13-4-7-17-11/h4,7,10,16H,5-6,8-9H2,1-3H3/t10-/m0/s1. The van der Waals surface area contributed by atoms with Crippen molar-refractivity contribution >= 4 is 16.5 Å². The van der Waals surface area contributed by atoms with Crippen LogP contribution in [0.25, 0.3) is 0 Å². The molecule has 0 radical (unpaired) electrons. The Kier molecular flexibility index (Phi) is 3.70. The van der Waals surface area contributed by atoms with E-state index in [-0.39, 0.29) is 0 Å². The van der Waals surface area contributed by atoms with Crippen LogP contribution in [0.3, 0.4) is 0 Å². The molecule has 0 unspecified atom stereocenters. The minimum Gasteiger partial charge on any atom is -0.389 e. The van der Waals surface area contributed by atoms with Crippen molar-refractivity contribution in [2.45, 2.75) is 32.4 Å². The molecule has 0 aliphatic carbocycles. The lowest BCUT2D eigenvalue weighted by Crippen LogP contribution is -2.54. The largest absolute Gasteiger partial charge is 0.389 e. The molecule has 1 fully saturated rings. The first-order valence-electron chi connectivity index (χ1n) is 6.06. The summed E-state index contributed by atoms with van der Waals surface area (Å²) in [7, 11) is 0. The number of aromatic nitrogens is 1. The summed E-state index contributed by atoms with van der Waals surface area (Å²) < 4.78 is 0. The van der Waals surface area contributed by atoms with Crippen LogP contribution in [0.5, 0.6) is 0 Å². The number of β-amino-alcohol motifs (C(OH)–C–C–N with tert-alkyl or cyclic N) is 1. The maximum absolute atomic E-state index is 9.84. The molecule has 1 aromatic heterocycles. The molecular weight excluding hydrogens is 234 g/mol. The zero-order valence-electron chi connectivity index (χ0n) is 10.8. The molecule has 0 amide bonds. The van der Waals surface area contributed by atoms with Crippen molar-refractivity contribution in [1.82, 2.24) is 9.88 Å². The number of nitrogens with zero attached hydrogens (tertiary/aromatic N) is 3. The number of anilines is 1. The van der Waals surface area contributed by atoms with Gasteiger partial charge in [0.05, 0.1) is 5.60 Å². The Balaban J connectivity index is 1.94. The van der Waals surface area contributed by atoms with E-state index in [1.54, 1.807) is 11.3 Å². The van der Waals surface area contributed by atoms with Gasteiger partial charge in [-0.05, 0) is 20.8 Å². The van der Waals surface area contributed by atoms with Gasteiger partial charge in [0.25, 0.3) is 0 Å². The van der Waals surface area contributed by atoms with Crippen LogP contribution in [0.4, 0.5) is 5.13 Å². The number of piperazine rings is 1. The zero-order valence-corrected chi connectivity index (χ0v) is 11.6. The van der Waals surface area contributed by atoms with Gasteiger partial charge < -0.3 is 10.0 Å². The number of hydrogen-bond acceptors (Lipinski definition) is 5. The predicted octanol–water partition coefficient (Wildman–Crippen LogP) is 1.42. The van der Waals surface area contributed by atoms with E-state index in [0.29, 0.717) is 6.04 Å². The molecule has 96 valence electrons. The molecule has 1 N–H and O–H groups in total. The highest BCUT2D eigenvalue weighted by atomic mass is 32.1. The monoisotopic (exact) mass is 255 g/mol. The summed E-state index contributed by atoms with van der Waals surface area (Å²) in [5.41, 5.74) is -0.608. The summed E-state index contributed by atoms with van der Waals surface area (Å²) in [6.45, 7) is 9.67. The van der Waals surface area contributed by atoms with Gasteiger partial charge in [-0.25, -0.2) is 4.98 Å². The lowest BCUT2D eigenvalue weighted by molar-refractivity contribution is 0.0308. The first-order chi connectivity index (χ1) is 7.96. The molecule has 0 aromatic carbocycles. The van der Waals surface area contributed by atoms with Crippen LogP contribution >= 0.6 is 11.3 Å². The van der Waals surface area contributed by atoms with Crippen LogP contribution in [0.1, 0.15) is 20.8 Å². The summed E-state index contributed by atoms with van der Waals surface area (Å²) in [4.78, 5) is 9.05. The minimum atomic E-state index is -0.608. The number of hydrogen-bond donors (Lipinski definition) is 1. The molecule has 2 heterocycles. The van der Waals surface area contributed by atoms with Crippen molar-refractivity contribution in [3.8, 4) is 0 Å². The molecule has 2 rings (SSSR count). The first kappa shape index (κ1) is 12.8. The number of aliphatic hydroxyl groups is 1. The third-order valence-electron chi connectivity index (χ3n) is 2.99. The normalized spacial score (nSPS) is 23.1. The average molecular weight is 255 g/mol. The molecule has 0 bridgehead atoms. The highest BCUT2D eigenvalue weighted by Crippen LogP contribution is 2.23. The zero-order chi connectivity index (χ0) is 12.5. The molecule has 4 nitrogen and oxygen atoms in total. The van der Waals surface area contributed by atoms with Crippen LogP contribution in [-0.2, 0) is 0 Å². The molecule has 1 aliphatic rings. The summed E-state index contributed by atoms with van der Waals surface area (Å²) in [6.07, 6.45) is 1.86. The van der Waals surface area contributed by atoms with Gasteiger partial charge in [0, 0.05) is 43.8 Å². The Morgan fingerprint density at radius 2 is 2.29 bits per heavy atom.